The summed E-state index contributed by atoms with van der Waals surface area (Å²) in [5, 5.41) is 21.2. The molecule has 0 radical (unpaired) electrons. The third kappa shape index (κ3) is 1.26. The highest BCUT2D eigenvalue weighted by Gasteiger charge is 2.07. The molecule has 0 fully saturated rings. The Bertz CT molecular complexity index is 508. The van der Waals surface area contributed by atoms with Crippen LogP contribution in [-0.2, 0) is 0 Å². The number of rotatable bonds is 1. The average Bonchev–Trinajstić information content (AvgIpc) is 2.18. The van der Waals surface area contributed by atoms with E-state index in [4.69, 9.17) is 0 Å². The molecule has 0 bridgehead atoms. The number of aromatic hydroxyl groups is 1. The van der Waals surface area contributed by atoms with Crippen LogP contribution in [0.25, 0.3) is 10.8 Å². The summed E-state index contributed by atoms with van der Waals surface area (Å²) in [6.07, 6.45) is 0. The molecule has 1 N–H and O–H groups in total. The van der Waals surface area contributed by atoms with Gasteiger partial charge in [0.25, 0.3) is 5.69 Å². The quantitative estimate of drug-likeness (QED) is 0.553. The fourth-order valence-electron chi connectivity index (χ4n) is 1.36. The van der Waals surface area contributed by atoms with Gasteiger partial charge in [0.2, 0.25) is 0 Å². The zero-order valence-electron chi connectivity index (χ0n) is 7.18. The van der Waals surface area contributed by atoms with Gasteiger partial charge in [0.05, 0.1) is 4.92 Å². The number of phenols is 1. The van der Waals surface area contributed by atoms with Gasteiger partial charge >= 0.3 is 0 Å². The summed E-state index contributed by atoms with van der Waals surface area (Å²) < 4.78 is 0. The van der Waals surface area contributed by atoms with E-state index >= 15 is 0 Å². The molecular weight excluding hydrogens is 182 g/mol. The van der Waals surface area contributed by atoms with Crippen molar-refractivity contribution in [2.75, 3.05) is 0 Å². The largest absolute Gasteiger partial charge is 0.507 e. The number of nitro groups is 1. The Morgan fingerprint density at radius 3 is 2.71 bits per heavy atom. The molecule has 0 heterocycles. The van der Waals surface area contributed by atoms with Crippen LogP contribution in [0.2, 0.25) is 0 Å². The number of benzene rings is 2. The summed E-state index contributed by atoms with van der Waals surface area (Å²) in [5.41, 5.74) is -0.0148. The highest BCUT2D eigenvalue weighted by molar-refractivity contribution is 5.89. The third-order valence-electron chi connectivity index (χ3n) is 2.05. The van der Waals surface area contributed by atoms with E-state index in [2.05, 4.69) is 0 Å². The monoisotopic (exact) mass is 189 g/mol. The van der Waals surface area contributed by atoms with Crippen LogP contribution in [0, 0.1) is 10.1 Å². The van der Waals surface area contributed by atoms with Crippen molar-refractivity contribution >= 4 is 16.5 Å². The molecule has 0 amide bonds. The van der Waals surface area contributed by atoms with Crippen LogP contribution in [0.3, 0.4) is 0 Å². The number of fused-ring (bicyclic) bond motifs is 1. The molecule has 2 aromatic rings. The Hall–Kier alpha value is -2.10. The first kappa shape index (κ1) is 8.50. The molecule has 4 heteroatoms. The SMILES string of the molecule is O=[N+]([O-])c1ccc2cccc(O)c2c1. The Morgan fingerprint density at radius 1 is 1.21 bits per heavy atom. The van der Waals surface area contributed by atoms with E-state index in [1.165, 1.54) is 18.2 Å². The molecule has 0 saturated carbocycles. The van der Waals surface area contributed by atoms with Crippen molar-refractivity contribution in [3.8, 4) is 5.75 Å². The van der Waals surface area contributed by atoms with E-state index in [-0.39, 0.29) is 11.4 Å². The summed E-state index contributed by atoms with van der Waals surface area (Å²) in [4.78, 5) is 10.00. The number of phenolic OH excluding ortho intramolecular Hbond substituents is 1. The molecule has 70 valence electrons. The van der Waals surface area contributed by atoms with Crippen molar-refractivity contribution in [3.05, 3.63) is 46.5 Å². The van der Waals surface area contributed by atoms with Gasteiger partial charge in [0.1, 0.15) is 5.75 Å². The van der Waals surface area contributed by atoms with Gasteiger partial charge in [-0.15, -0.1) is 0 Å². The summed E-state index contributed by atoms with van der Waals surface area (Å²) in [7, 11) is 0. The first-order valence-corrected chi connectivity index (χ1v) is 4.04. The molecule has 0 aliphatic rings. The van der Waals surface area contributed by atoms with Crippen LogP contribution in [0.15, 0.2) is 36.4 Å². The average molecular weight is 189 g/mol. The second kappa shape index (κ2) is 2.99. The summed E-state index contributed by atoms with van der Waals surface area (Å²) in [5.74, 6) is 0.0613. The molecule has 0 saturated heterocycles. The summed E-state index contributed by atoms with van der Waals surface area (Å²) >= 11 is 0. The van der Waals surface area contributed by atoms with Crippen LogP contribution < -0.4 is 0 Å². The predicted molar refractivity (Wildman–Crippen MR) is 52.3 cm³/mol. The standard InChI is InChI=1S/C10H7NO3/c12-10-3-1-2-7-4-5-8(11(13)14)6-9(7)10/h1-6,12H. The maximum Gasteiger partial charge on any atom is 0.270 e. The molecule has 0 spiro atoms. The second-order valence-electron chi connectivity index (χ2n) is 2.94. The summed E-state index contributed by atoms with van der Waals surface area (Å²) in [6, 6.07) is 9.40. The van der Waals surface area contributed by atoms with Crippen LogP contribution in [0.5, 0.6) is 5.75 Å². The second-order valence-corrected chi connectivity index (χ2v) is 2.94. The number of non-ortho nitro benzene ring substituents is 1. The summed E-state index contributed by atoms with van der Waals surface area (Å²) in [6.45, 7) is 0. The van der Waals surface area contributed by atoms with Crippen LogP contribution in [-0.4, -0.2) is 10.0 Å². The van der Waals surface area contributed by atoms with Gasteiger partial charge < -0.3 is 5.11 Å². The minimum atomic E-state index is -0.480. The van der Waals surface area contributed by atoms with Gasteiger partial charge in [0.15, 0.2) is 0 Å². The van der Waals surface area contributed by atoms with Crippen LogP contribution >= 0.6 is 0 Å². The number of hydrogen-bond donors (Lipinski definition) is 1. The molecule has 0 aliphatic carbocycles. The van der Waals surface area contributed by atoms with Crippen molar-refractivity contribution in [2.24, 2.45) is 0 Å². The maximum absolute atomic E-state index is 10.5. The van der Waals surface area contributed by atoms with E-state index in [9.17, 15) is 15.2 Å². The zero-order chi connectivity index (χ0) is 10.1. The molecule has 4 nitrogen and oxygen atoms in total. The van der Waals surface area contributed by atoms with Crippen molar-refractivity contribution < 1.29 is 10.0 Å². The highest BCUT2D eigenvalue weighted by Crippen LogP contribution is 2.27. The maximum atomic E-state index is 10.5. The van der Waals surface area contributed by atoms with E-state index in [0.717, 1.165) is 5.39 Å². The minimum absolute atomic E-state index is 0.0148. The lowest BCUT2D eigenvalue weighted by Crippen LogP contribution is -1.87. The number of hydrogen-bond acceptors (Lipinski definition) is 3. The van der Waals surface area contributed by atoms with E-state index in [1.807, 2.05) is 0 Å². The molecule has 14 heavy (non-hydrogen) atoms. The zero-order valence-corrected chi connectivity index (χ0v) is 7.18. The van der Waals surface area contributed by atoms with Crippen molar-refractivity contribution in [3.63, 3.8) is 0 Å². The van der Waals surface area contributed by atoms with Gasteiger partial charge in [-0.3, -0.25) is 10.1 Å². The molecular formula is C10H7NO3. The first-order chi connectivity index (χ1) is 6.68. The fraction of sp³-hybridized carbons (Fsp3) is 0. The van der Waals surface area contributed by atoms with Gasteiger partial charge in [0, 0.05) is 17.5 Å². The molecule has 0 aliphatic heterocycles. The Labute approximate surface area is 79.6 Å². The lowest BCUT2D eigenvalue weighted by atomic mass is 10.1. The number of nitro benzene ring substituents is 1. The Morgan fingerprint density at radius 2 is 2.00 bits per heavy atom. The van der Waals surface area contributed by atoms with Crippen molar-refractivity contribution in [2.45, 2.75) is 0 Å². The van der Waals surface area contributed by atoms with Crippen LogP contribution in [0.4, 0.5) is 5.69 Å². The van der Waals surface area contributed by atoms with E-state index in [0.29, 0.717) is 5.39 Å². The minimum Gasteiger partial charge on any atom is -0.507 e. The third-order valence-corrected chi connectivity index (χ3v) is 2.05. The first-order valence-electron chi connectivity index (χ1n) is 4.04. The van der Waals surface area contributed by atoms with Gasteiger partial charge in [-0.2, -0.15) is 0 Å². The lowest BCUT2D eigenvalue weighted by Gasteiger charge is -1.99. The smallest absolute Gasteiger partial charge is 0.270 e. The number of nitrogens with zero attached hydrogens (tertiary/aromatic N) is 1. The van der Waals surface area contributed by atoms with Gasteiger partial charge in [-0.05, 0) is 17.5 Å². The van der Waals surface area contributed by atoms with E-state index < -0.39 is 4.92 Å². The topological polar surface area (TPSA) is 63.4 Å². The van der Waals surface area contributed by atoms with Crippen molar-refractivity contribution in [1.29, 1.82) is 0 Å². The van der Waals surface area contributed by atoms with Gasteiger partial charge in [-0.25, -0.2) is 0 Å². The van der Waals surface area contributed by atoms with Crippen molar-refractivity contribution in [1.82, 2.24) is 0 Å². The molecule has 0 unspecified atom stereocenters. The van der Waals surface area contributed by atoms with E-state index in [1.54, 1.807) is 18.2 Å². The molecule has 0 aromatic heterocycles. The Kier molecular flexibility index (Phi) is 1.81. The molecule has 2 aromatic carbocycles. The lowest BCUT2D eigenvalue weighted by molar-refractivity contribution is -0.384. The molecule has 2 rings (SSSR count). The highest BCUT2D eigenvalue weighted by atomic mass is 16.6. The van der Waals surface area contributed by atoms with Crippen LogP contribution in [0.1, 0.15) is 0 Å². The van der Waals surface area contributed by atoms with Gasteiger partial charge in [-0.1, -0.05) is 12.1 Å². The normalized spacial score (nSPS) is 10.3. The Balaban J connectivity index is 2.76. The fourth-order valence-corrected chi connectivity index (χ4v) is 1.36. The molecule has 0 atom stereocenters. The predicted octanol–water partition coefficient (Wildman–Crippen LogP) is 2.45.